The lowest BCUT2D eigenvalue weighted by Gasteiger charge is -2.15. The maximum Gasteiger partial charge on any atom is 0.205 e. The number of aryl methyl sites for hydroxylation is 1. The van der Waals surface area contributed by atoms with Crippen LogP contribution in [0.2, 0.25) is 0 Å². The molecule has 0 spiro atoms. The molecule has 0 fully saturated rings. The van der Waals surface area contributed by atoms with Gasteiger partial charge in [0.15, 0.2) is 6.20 Å². The van der Waals surface area contributed by atoms with Gasteiger partial charge in [0, 0.05) is 37.4 Å². The first-order valence-electron chi connectivity index (χ1n) is 8.78. The van der Waals surface area contributed by atoms with Gasteiger partial charge in [0.25, 0.3) is 0 Å². The highest BCUT2D eigenvalue weighted by Gasteiger charge is 2.05. The van der Waals surface area contributed by atoms with Gasteiger partial charge in [-0.15, -0.1) is 0 Å². The van der Waals surface area contributed by atoms with Crippen molar-refractivity contribution in [3.05, 3.63) is 59.9 Å². The molecule has 0 aliphatic rings. The van der Waals surface area contributed by atoms with Crippen LogP contribution in [-0.4, -0.2) is 11.6 Å². The Labute approximate surface area is 160 Å². The molecule has 1 aromatic carbocycles. The molecular formula is C21H28IN2+. The molecule has 2 rings (SSSR count). The summed E-state index contributed by atoms with van der Waals surface area (Å²) < 4.78 is 3.35. The number of nitrogens with zero attached hydrogens (tertiary/aromatic N) is 2. The van der Waals surface area contributed by atoms with Crippen molar-refractivity contribution in [1.82, 2.24) is 0 Å². The maximum absolute atomic E-state index is 2.38. The summed E-state index contributed by atoms with van der Waals surface area (Å²) in [5, 5.41) is 0. The van der Waals surface area contributed by atoms with Crippen LogP contribution in [0.5, 0.6) is 0 Å². The molecule has 0 amide bonds. The van der Waals surface area contributed by atoms with Crippen molar-refractivity contribution in [3.8, 4) is 0 Å². The van der Waals surface area contributed by atoms with E-state index >= 15 is 0 Å². The third-order valence-electron chi connectivity index (χ3n) is 4.19. The van der Waals surface area contributed by atoms with Crippen LogP contribution in [-0.2, 0) is 6.54 Å². The molecule has 1 aromatic heterocycles. The van der Waals surface area contributed by atoms with E-state index in [2.05, 4.69) is 107 Å². The minimum absolute atomic E-state index is 0.995. The normalized spacial score (nSPS) is 11.1. The van der Waals surface area contributed by atoms with E-state index in [1.807, 2.05) is 0 Å². The van der Waals surface area contributed by atoms with Crippen molar-refractivity contribution in [1.29, 1.82) is 0 Å². The fourth-order valence-electron chi connectivity index (χ4n) is 2.64. The number of unbranched alkanes of at least 4 members (excludes halogenated alkanes) is 3. The molecule has 128 valence electrons. The number of alkyl halides is 1. The molecule has 0 saturated heterocycles. The first kappa shape index (κ1) is 19.0. The van der Waals surface area contributed by atoms with Gasteiger partial charge in [0.1, 0.15) is 6.54 Å². The van der Waals surface area contributed by atoms with E-state index in [9.17, 15) is 0 Å². The third kappa shape index (κ3) is 5.93. The van der Waals surface area contributed by atoms with Gasteiger partial charge >= 0.3 is 0 Å². The predicted octanol–water partition coefficient (Wildman–Crippen LogP) is 5.55. The van der Waals surface area contributed by atoms with Gasteiger partial charge in [-0.1, -0.05) is 54.5 Å². The summed E-state index contributed by atoms with van der Waals surface area (Å²) in [7, 11) is 2.11. The number of halogens is 1. The monoisotopic (exact) mass is 435 g/mol. The highest BCUT2D eigenvalue weighted by molar-refractivity contribution is 14.1. The topological polar surface area (TPSA) is 7.12 Å². The molecule has 0 saturated carbocycles. The van der Waals surface area contributed by atoms with Gasteiger partial charge in [0.05, 0.1) is 4.55 Å². The highest BCUT2D eigenvalue weighted by Crippen LogP contribution is 2.16. The lowest BCUT2D eigenvalue weighted by molar-refractivity contribution is -0.699. The van der Waals surface area contributed by atoms with Crippen molar-refractivity contribution in [2.75, 3.05) is 16.5 Å². The summed E-state index contributed by atoms with van der Waals surface area (Å²) in [6.45, 7) is 3.35. The van der Waals surface area contributed by atoms with E-state index in [4.69, 9.17) is 0 Å². The second-order valence-corrected chi connectivity index (χ2v) is 6.80. The van der Waals surface area contributed by atoms with E-state index in [1.165, 1.54) is 42.6 Å². The molecule has 0 atom stereocenters. The van der Waals surface area contributed by atoms with Crippen molar-refractivity contribution in [2.24, 2.45) is 0 Å². The van der Waals surface area contributed by atoms with Gasteiger partial charge in [-0.2, -0.15) is 4.57 Å². The molecule has 0 aliphatic heterocycles. The second kappa shape index (κ2) is 10.5. The Morgan fingerprint density at radius 3 is 2.50 bits per heavy atom. The van der Waals surface area contributed by atoms with E-state index in [0.717, 1.165) is 11.1 Å². The zero-order chi connectivity index (χ0) is 17.2. The molecule has 0 N–H and O–H groups in total. The van der Waals surface area contributed by atoms with Crippen molar-refractivity contribution in [2.45, 2.75) is 39.2 Å². The molecule has 1 heterocycles. The number of pyridine rings is 1. The largest absolute Gasteiger partial charge is 0.365 e. The van der Waals surface area contributed by atoms with Crippen LogP contribution < -0.4 is 9.47 Å². The summed E-state index contributed by atoms with van der Waals surface area (Å²) in [4.78, 5) is 2.23. The molecule has 24 heavy (non-hydrogen) atoms. The van der Waals surface area contributed by atoms with E-state index in [-0.39, 0.29) is 0 Å². The number of hydrogen-bond donors (Lipinski definition) is 0. The fraction of sp³-hybridized carbons (Fsp3) is 0.381. The highest BCUT2D eigenvalue weighted by atomic mass is 127. The van der Waals surface area contributed by atoms with E-state index in [0.29, 0.717) is 0 Å². The van der Waals surface area contributed by atoms with Gasteiger partial charge in [-0.3, -0.25) is 0 Å². The van der Waals surface area contributed by atoms with E-state index < -0.39 is 0 Å². The Balaban J connectivity index is 2.03. The minimum Gasteiger partial charge on any atom is -0.365 e. The lowest BCUT2D eigenvalue weighted by atomic mass is 10.1. The Morgan fingerprint density at radius 1 is 1.00 bits per heavy atom. The quantitative estimate of drug-likeness (QED) is 0.165. The maximum atomic E-state index is 2.38. The smallest absolute Gasteiger partial charge is 0.205 e. The summed E-state index contributed by atoms with van der Waals surface area (Å²) in [5.74, 6) is 0. The fourth-order valence-corrected chi connectivity index (χ4v) is 3.04. The van der Waals surface area contributed by atoms with Crippen LogP contribution in [0.15, 0.2) is 48.7 Å². The Hall–Kier alpha value is -1.36. The zero-order valence-electron chi connectivity index (χ0n) is 14.8. The molecule has 2 aromatic rings. The molecule has 3 heteroatoms. The van der Waals surface area contributed by atoms with Gasteiger partial charge in [0.2, 0.25) is 5.69 Å². The average Bonchev–Trinajstić information content (AvgIpc) is 2.64. The Bertz CT molecular complexity index is 635. The van der Waals surface area contributed by atoms with Crippen LogP contribution in [0, 0.1) is 0 Å². The van der Waals surface area contributed by atoms with Crippen molar-refractivity contribution in [3.63, 3.8) is 0 Å². The SMILES string of the molecule is CCCCCC[n+]1ccccc1C=Cc1ccc(N(C)CI)cc1. The van der Waals surface area contributed by atoms with Crippen molar-refractivity contribution >= 4 is 40.4 Å². The van der Waals surface area contributed by atoms with Gasteiger partial charge in [-0.25, -0.2) is 0 Å². The number of hydrogen-bond acceptors (Lipinski definition) is 1. The van der Waals surface area contributed by atoms with Crippen LogP contribution in [0.25, 0.3) is 12.2 Å². The van der Waals surface area contributed by atoms with Crippen LogP contribution in [0.1, 0.15) is 43.9 Å². The number of aromatic nitrogens is 1. The molecule has 0 unspecified atom stereocenters. The molecule has 2 nitrogen and oxygen atoms in total. The van der Waals surface area contributed by atoms with Crippen LogP contribution >= 0.6 is 22.6 Å². The molecular weight excluding hydrogens is 407 g/mol. The molecule has 0 radical (unpaired) electrons. The van der Waals surface area contributed by atoms with E-state index in [1.54, 1.807) is 0 Å². The standard InChI is InChI=1S/C21H28IN2/c1-3-4-5-7-16-24-17-8-6-9-21(24)15-12-19-10-13-20(14-11-19)23(2)18-22/h6,8-15,17H,3-5,7,16,18H2,1-2H3/q+1. The second-order valence-electron chi connectivity index (χ2n) is 6.12. The van der Waals surface area contributed by atoms with Gasteiger partial charge in [-0.05, 0) is 36.3 Å². The average molecular weight is 435 g/mol. The lowest BCUT2D eigenvalue weighted by Crippen LogP contribution is -2.36. The van der Waals surface area contributed by atoms with Crippen LogP contribution in [0.4, 0.5) is 5.69 Å². The number of anilines is 1. The molecule has 0 aliphatic carbocycles. The third-order valence-corrected chi connectivity index (χ3v) is 5.21. The number of rotatable bonds is 9. The number of benzene rings is 1. The summed E-state index contributed by atoms with van der Waals surface area (Å²) in [5.41, 5.74) is 3.76. The first-order chi connectivity index (χ1) is 11.7. The Morgan fingerprint density at radius 2 is 1.79 bits per heavy atom. The predicted molar refractivity (Wildman–Crippen MR) is 113 cm³/mol. The summed E-state index contributed by atoms with van der Waals surface area (Å²) in [6, 6.07) is 15.2. The van der Waals surface area contributed by atoms with Gasteiger partial charge < -0.3 is 4.90 Å². The molecule has 0 bridgehead atoms. The first-order valence-corrected chi connectivity index (χ1v) is 10.3. The van der Waals surface area contributed by atoms with Crippen molar-refractivity contribution < 1.29 is 4.57 Å². The summed E-state index contributed by atoms with van der Waals surface area (Å²) in [6.07, 6.45) is 11.8. The minimum atomic E-state index is 0.995. The summed E-state index contributed by atoms with van der Waals surface area (Å²) >= 11 is 2.38. The Kier molecular flexibility index (Phi) is 8.29. The van der Waals surface area contributed by atoms with Crippen LogP contribution in [0.3, 0.4) is 0 Å². The zero-order valence-corrected chi connectivity index (χ0v) is 16.9.